The quantitative estimate of drug-likeness (QED) is 0.897. The van der Waals surface area contributed by atoms with Gasteiger partial charge in [-0.05, 0) is 49.4 Å². The van der Waals surface area contributed by atoms with Crippen molar-refractivity contribution in [1.82, 2.24) is 10.2 Å². The maximum atomic E-state index is 13.3. The molecule has 1 atom stereocenters. The molecule has 122 valence electrons. The molecule has 2 rings (SSSR count). The average molecular weight is 308 g/mol. The molecule has 5 heteroatoms. The van der Waals surface area contributed by atoms with Gasteiger partial charge in [0.2, 0.25) is 5.91 Å². The third-order valence-electron chi connectivity index (χ3n) is 4.17. The molecule has 1 aliphatic rings. The van der Waals surface area contributed by atoms with Gasteiger partial charge in [-0.3, -0.25) is 9.69 Å². The number of hydrogen-bond donors (Lipinski definition) is 2. The molecule has 0 spiro atoms. The van der Waals surface area contributed by atoms with E-state index < -0.39 is 0 Å². The number of aliphatic hydroxyl groups is 1. The highest BCUT2D eigenvalue weighted by molar-refractivity contribution is 5.76. The third kappa shape index (κ3) is 5.73. The van der Waals surface area contributed by atoms with Crippen molar-refractivity contribution in [3.63, 3.8) is 0 Å². The number of aliphatic hydroxyl groups excluding tert-OH is 1. The van der Waals surface area contributed by atoms with Crippen molar-refractivity contribution in [3.05, 3.63) is 35.6 Å². The Labute approximate surface area is 131 Å². The highest BCUT2D eigenvalue weighted by atomic mass is 19.1. The van der Waals surface area contributed by atoms with E-state index in [1.54, 1.807) is 12.1 Å². The van der Waals surface area contributed by atoms with E-state index in [2.05, 4.69) is 10.2 Å². The van der Waals surface area contributed by atoms with Gasteiger partial charge >= 0.3 is 0 Å². The zero-order valence-corrected chi connectivity index (χ0v) is 12.9. The van der Waals surface area contributed by atoms with Gasteiger partial charge in [0.25, 0.3) is 0 Å². The topological polar surface area (TPSA) is 52.6 Å². The molecule has 1 saturated heterocycles. The second kappa shape index (κ2) is 8.86. The number of hydrogen-bond acceptors (Lipinski definition) is 3. The molecule has 0 aliphatic carbocycles. The summed E-state index contributed by atoms with van der Waals surface area (Å²) in [6.07, 6.45) is 3.21. The SMILES string of the molecule is O=C1CCN(Cc2cccc(F)c2)CCCC(CO)CCN1. The van der Waals surface area contributed by atoms with Crippen molar-refractivity contribution in [2.45, 2.75) is 32.2 Å². The molecule has 0 aromatic heterocycles. The van der Waals surface area contributed by atoms with E-state index in [-0.39, 0.29) is 24.2 Å². The summed E-state index contributed by atoms with van der Waals surface area (Å²) >= 11 is 0. The Hall–Kier alpha value is -1.46. The lowest BCUT2D eigenvalue weighted by atomic mass is 10.0. The zero-order chi connectivity index (χ0) is 15.8. The van der Waals surface area contributed by atoms with Gasteiger partial charge in [0.1, 0.15) is 5.82 Å². The van der Waals surface area contributed by atoms with Crippen molar-refractivity contribution in [3.8, 4) is 0 Å². The van der Waals surface area contributed by atoms with Crippen LogP contribution in [-0.4, -0.2) is 42.2 Å². The summed E-state index contributed by atoms with van der Waals surface area (Å²) in [7, 11) is 0. The summed E-state index contributed by atoms with van der Waals surface area (Å²) in [5.74, 6) is 0.0608. The lowest BCUT2D eigenvalue weighted by molar-refractivity contribution is -0.121. The van der Waals surface area contributed by atoms with Crippen LogP contribution in [0.4, 0.5) is 4.39 Å². The summed E-state index contributed by atoms with van der Waals surface area (Å²) in [6, 6.07) is 6.60. The summed E-state index contributed by atoms with van der Waals surface area (Å²) in [5, 5.41) is 12.3. The van der Waals surface area contributed by atoms with Crippen LogP contribution in [0.5, 0.6) is 0 Å². The molecule has 1 aromatic rings. The molecule has 1 fully saturated rings. The first-order valence-electron chi connectivity index (χ1n) is 8.01. The Kier molecular flexibility index (Phi) is 6.80. The predicted molar refractivity (Wildman–Crippen MR) is 83.7 cm³/mol. The van der Waals surface area contributed by atoms with Gasteiger partial charge in [-0.2, -0.15) is 0 Å². The molecular formula is C17H25FN2O2. The molecule has 1 amide bonds. The second-order valence-electron chi connectivity index (χ2n) is 5.99. The second-order valence-corrected chi connectivity index (χ2v) is 5.99. The molecule has 0 saturated carbocycles. The fourth-order valence-corrected chi connectivity index (χ4v) is 2.86. The van der Waals surface area contributed by atoms with Gasteiger partial charge in [0.15, 0.2) is 0 Å². The van der Waals surface area contributed by atoms with Gasteiger partial charge in [-0.15, -0.1) is 0 Å². The van der Waals surface area contributed by atoms with E-state index >= 15 is 0 Å². The Morgan fingerprint density at radius 1 is 1.32 bits per heavy atom. The molecule has 1 unspecified atom stereocenters. The molecule has 0 bridgehead atoms. The number of benzene rings is 1. The highest BCUT2D eigenvalue weighted by Crippen LogP contribution is 2.14. The molecular weight excluding hydrogens is 283 g/mol. The van der Waals surface area contributed by atoms with Crippen molar-refractivity contribution < 1.29 is 14.3 Å². The van der Waals surface area contributed by atoms with Crippen LogP contribution in [0.25, 0.3) is 0 Å². The van der Waals surface area contributed by atoms with Gasteiger partial charge in [0, 0.05) is 32.7 Å². The minimum Gasteiger partial charge on any atom is -0.396 e. The van der Waals surface area contributed by atoms with Crippen molar-refractivity contribution in [2.24, 2.45) is 5.92 Å². The van der Waals surface area contributed by atoms with Gasteiger partial charge in [-0.25, -0.2) is 4.39 Å². The maximum absolute atomic E-state index is 13.3. The number of amides is 1. The van der Waals surface area contributed by atoms with Crippen LogP contribution in [0.3, 0.4) is 0 Å². The number of carbonyl (C=O) groups excluding carboxylic acids is 1. The molecule has 1 heterocycles. The fraction of sp³-hybridized carbons (Fsp3) is 0.588. The largest absolute Gasteiger partial charge is 0.396 e. The van der Waals surface area contributed by atoms with Crippen LogP contribution >= 0.6 is 0 Å². The van der Waals surface area contributed by atoms with Crippen LogP contribution in [0.2, 0.25) is 0 Å². The molecule has 4 nitrogen and oxygen atoms in total. The van der Waals surface area contributed by atoms with E-state index in [9.17, 15) is 14.3 Å². The van der Waals surface area contributed by atoms with Crippen LogP contribution in [0.15, 0.2) is 24.3 Å². The van der Waals surface area contributed by atoms with E-state index in [1.807, 2.05) is 6.07 Å². The first-order valence-corrected chi connectivity index (χ1v) is 8.01. The minimum atomic E-state index is -0.228. The lowest BCUT2D eigenvalue weighted by Crippen LogP contribution is -2.31. The Balaban J connectivity index is 1.96. The summed E-state index contributed by atoms with van der Waals surface area (Å²) in [4.78, 5) is 14.0. The van der Waals surface area contributed by atoms with E-state index in [0.29, 0.717) is 26.1 Å². The van der Waals surface area contributed by atoms with E-state index in [4.69, 9.17) is 0 Å². The molecule has 1 aliphatic heterocycles. The minimum absolute atomic E-state index is 0.0443. The third-order valence-corrected chi connectivity index (χ3v) is 4.17. The normalized spacial score (nSPS) is 21.9. The van der Waals surface area contributed by atoms with E-state index in [0.717, 1.165) is 31.4 Å². The first kappa shape index (κ1) is 16.9. The molecule has 22 heavy (non-hydrogen) atoms. The summed E-state index contributed by atoms with van der Waals surface area (Å²) in [6.45, 7) is 2.98. The first-order chi connectivity index (χ1) is 10.7. The number of nitrogens with one attached hydrogen (secondary N) is 1. The van der Waals surface area contributed by atoms with Crippen molar-refractivity contribution >= 4 is 5.91 Å². The van der Waals surface area contributed by atoms with Crippen LogP contribution in [0.1, 0.15) is 31.2 Å². The standard InChI is InChI=1S/C17H25FN2O2/c18-16-5-1-3-15(11-16)12-20-9-2-4-14(13-21)6-8-19-17(22)7-10-20/h1,3,5,11,14,21H,2,4,6-10,12-13H2,(H,19,22). The molecule has 1 aromatic carbocycles. The number of nitrogens with zero attached hydrogens (tertiary/aromatic N) is 1. The van der Waals surface area contributed by atoms with Crippen molar-refractivity contribution in [1.29, 1.82) is 0 Å². The molecule has 2 N–H and O–H groups in total. The number of carbonyl (C=O) groups is 1. The molecule has 0 radical (unpaired) electrons. The highest BCUT2D eigenvalue weighted by Gasteiger charge is 2.14. The van der Waals surface area contributed by atoms with Crippen LogP contribution in [0, 0.1) is 11.7 Å². The number of rotatable bonds is 3. The fourth-order valence-electron chi connectivity index (χ4n) is 2.86. The monoisotopic (exact) mass is 308 g/mol. The maximum Gasteiger partial charge on any atom is 0.221 e. The van der Waals surface area contributed by atoms with Gasteiger partial charge < -0.3 is 10.4 Å². The Bertz CT molecular complexity index is 481. The Morgan fingerprint density at radius 3 is 2.95 bits per heavy atom. The number of halogens is 1. The van der Waals surface area contributed by atoms with Crippen LogP contribution in [-0.2, 0) is 11.3 Å². The van der Waals surface area contributed by atoms with E-state index in [1.165, 1.54) is 6.07 Å². The van der Waals surface area contributed by atoms with Crippen molar-refractivity contribution in [2.75, 3.05) is 26.2 Å². The van der Waals surface area contributed by atoms with Crippen LogP contribution < -0.4 is 5.32 Å². The lowest BCUT2D eigenvalue weighted by Gasteiger charge is -2.22. The average Bonchev–Trinajstić information content (AvgIpc) is 2.53. The Morgan fingerprint density at radius 2 is 2.18 bits per heavy atom. The predicted octanol–water partition coefficient (Wildman–Crippen LogP) is 1.93. The van der Waals surface area contributed by atoms with Gasteiger partial charge in [0.05, 0.1) is 0 Å². The summed E-state index contributed by atoms with van der Waals surface area (Å²) < 4.78 is 13.3. The summed E-state index contributed by atoms with van der Waals surface area (Å²) in [5.41, 5.74) is 0.925. The smallest absolute Gasteiger partial charge is 0.221 e. The zero-order valence-electron chi connectivity index (χ0n) is 12.9. The van der Waals surface area contributed by atoms with Gasteiger partial charge in [-0.1, -0.05) is 12.1 Å².